The molecule has 128 valence electrons. The zero-order chi connectivity index (χ0) is 17.6. The van der Waals surface area contributed by atoms with E-state index in [1.165, 1.54) is 0 Å². The molecule has 2 N–H and O–H groups in total. The van der Waals surface area contributed by atoms with Gasteiger partial charge in [0.25, 0.3) is 5.91 Å². The molecular weight excluding hydrogens is 324 g/mol. The van der Waals surface area contributed by atoms with E-state index < -0.39 is 10.0 Å². The number of sulfonamides is 1. The van der Waals surface area contributed by atoms with E-state index in [2.05, 4.69) is 10.0 Å². The molecule has 0 bridgehead atoms. The van der Waals surface area contributed by atoms with Crippen LogP contribution in [0.1, 0.15) is 27.0 Å². The minimum atomic E-state index is -3.43. The van der Waals surface area contributed by atoms with Gasteiger partial charge in [0.1, 0.15) is 0 Å². The second-order valence-corrected chi connectivity index (χ2v) is 7.51. The fraction of sp³-hybridized carbons (Fsp3) is 0.278. The lowest BCUT2D eigenvalue weighted by Gasteiger charge is -2.10. The van der Waals surface area contributed by atoms with E-state index >= 15 is 0 Å². The van der Waals surface area contributed by atoms with Crippen molar-refractivity contribution in [1.29, 1.82) is 0 Å². The Morgan fingerprint density at radius 1 is 1.00 bits per heavy atom. The molecule has 0 spiro atoms. The van der Waals surface area contributed by atoms with Crippen molar-refractivity contribution >= 4 is 15.9 Å². The van der Waals surface area contributed by atoms with Crippen LogP contribution in [-0.2, 0) is 15.8 Å². The van der Waals surface area contributed by atoms with Crippen LogP contribution in [-0.4, -0.2) is 27.4 Å². The molecule has 0 saturated carbocycles. The number of aryl methyl sites for hydroxylation is 2. The van der Waals surface area contributed by atoms with Gasteiger partial charge in [-0.15, -0.1) is 0 Å². The van der Waals surface area contributed by atoms with Crippen LogP contribution < -0.4 is 10.0 Å². The Morgan fingerprint density at radius 3 is 2.46 bits per heavy atom. The van der Waals surface area contributed by atoms with Crippen molar-refractivity contribution in [2.75, 3.05) is 13.1 Å². The molecule has 0 aromatic heterocycles. The highest BCUT2D eigenvalue weighted by Gasteiger charge is 2.12. The Labute approximate surface area is 143 Å². The number of amides is 1. The minimum Gasteiger partial charge on any atom is -0.351 e. The molecule has 2 rings (SSSR count). The van der Waals surface area contributed by atoms with Crippen molar-refractivity contribution in [3.05, 3.63) is 70.8 Å². The molecule has 1 amide bonds. The van der Waals surface area contributed by atoms with Gasteiger partial charge in [0.15, 0.2) is 0 Å². The van der Waals surface area contributed by atoms with Gasteiger partial charge < -0.3 is 5.32 Å². The fourth-order valence-electron chi connectivity index (χ4n) is 2.30. The van der Waals surface area contributed by atoms with E-state index in [0.717, 1.165) is 16.7 Å². The predicted octanol–water partition coefficient (Wildman–Crippen LogP) is 2.15. The molecule has 0 atom stereocenters. The fourth-order valence-corrected chi connectivity index (χ4v) is 3.55. The topological polar surface area (TPSA) is 75.3 Å². The van der Waals surface area contributed by atoms with Gasteiger partial charge in [-0.25, -0.2) is 13.1 Å². The third kappa shape index (κ3) is 5.47. The molecule has 0 aliphatic carbocycles. The van der Waals surface area contributed by atoms with Crippen LogP contribution in [0.25, 0.3) is 0 Å². The monoisotopic (exact) mass is 346 g/mol. The van der Waals surface area contributed by atoms with Crippen molar-refractivity contribution < 1.29 is 13.2 Å². The maximum atomic E-state index is 12.1. The summed E-state index contributed by atoms with van der Waals surface area (Å²) >= 11 is 0. The van der Waals surface area contributed by atoms with Gasteiger partial charge in [-0.2, -0.15) is 0 Å². The molecule has 2 aromatic carbocycles. The van der Waals surface area contributed by atoms with Gasteiger partial charge >= 0.3 is 0 Å². The molecule has 0 unspecified atom stereocenters. The Morgan fingerprint density at radius 2 is 1.75 bits per heavy atom. The standard InChI is InChI=1S/C18H22N2O3S/c1-14-6-5-9-16(12-14)18(21)19-10-11-20-24(22,23)13-17-8-4-3-7-15(17)2/h3-9,12,20H,10-11,13H2,1-2H3,(H,19,21). The first kappa shape index (κ1) is 18.2. The number of hydrogen-bond donors (Lipinski definition) is 2. The summed E-state index contributed by atoms with van der Waals surface area (Å²) in [4.78, 5) is 12.0. The smallest absolute Gasteiger partial charge is 0.251 e. The number of benzene rings is 2. The highest BCUT2D eigenvalue weighted by atomic mass is 32.2. The molecular formula is C18H22N2O3S. The maximum absolute atomic E-state index is 12.1. The Bertz CT molecular complexity index is 817. The Kier molecular flexibility index (Phi) is 6.11. The third-order valence-electron chi connectivity index (χ3n) is 3.62. The molecule has 0 saturated heterocycles. The molecule has 24 heavy (non-hydrogen) atoms. The maximum Gasteiger partial charge on any atom is 0.251 e. The van der Waals surface area contributed by atoms with E-state index in [4.69, 9.17) is 0 Å². The van der Waals surface area contributed by atoms with Gasteiger partial charge in [0.05, 0.1) is 5.75 Å². The van der Waals surface area contributed by atoms with Crippen molar-refractivity contribution in [1.82, 2.24) is 10.0 Å². The second-order valence-electron chi connectivity index (χ2n) is 5.71. The molecule has 0 radical (unpaired) electrons. The summed E-state index contributed by atoms with van der Waals surface area (Å²) in [6, 6.07) is 14.6. The number of nitrogens with one attached hydrogen (secondary N) is 2. The minimum absolute atomic E-state index is 0.0640. The van der Waals surface area contributed by atoms with Crippen LogP contribution in [0.15, 0.2) is 48.5 Å². The first-order chi connectivity index (χ1) is 11.4. The van der Waals surface area contributed by atoms with Crippen LogP contribution in [0.3, 0.4) is 0 Å². The van der Waals surface area contributed by atoms with E-state index in [9.17, 15) is 13.2 Å². The average Bonchev–Trinajstić information content (AvgIpc) is 2.53. The predicted molar refractivity (Wildman–Crippen MR) is 95.3 cm³/mol. The molecule has 6 heteroatoms. The van der Waals surface area contributed by atoms with Crippen molar-refractivity contribution in [2.24, 2.45) is 0 Å². The van der Waals surface area contributed by atoms with Crippen LogP contribution in [0.2, 0.25) is 0 Å². The van der Waals surface area contributed by atoms with Gasteiger partial charge in [0.2, 0.25) is 10.0 Å². The van der Waals surface area contributed by atoms with Gasteiger partial charge in [-0.3, -0.25) is 4.79 Å². The normalized spacial score (nSPS) is 11.2. The van der Waals surface area contributed by atoms with E-state index in [0.29, 0.717) is 5.56 Å². The SMILES string of the molecule is Cc1cccc(C(=O)NCCNS(=O)(=O)Cc2ccccc2C)c1. The van der Waals surface area contributed by atoms with Crippen molar-refractivity contribution in [3.8, 4) is 0 Å². The van der Waals surface area contributed by atoms with E-state index in [-0.39, 0.29) is 24.7 Å². The lowest BCUT2D eigenvalue weighted by Crippen LogP contribution is -2.35. The Hall–Kier alpha value is -2.18. The average molecular weight is 346 g/mol. The number of hydrogen-bond acceptors (Lipinski definition) is 3. The molecule has 0 fully saturated rings. The quantitative estimate of drug-likeness (QED) is 0.754. The first-order valence-electron chi connectivity index (χ1n) is 7.74. The number of carbonyl (C=O) groups excluding carboxylic acids is 1. The molecule has 0 aliphatic rings. The lowest BCUT2D eigenvalue weighted by atomic mass is 10.1. The van der Waals surface area contributed by atoms with Gasteiger partial charge in [0, 0.05) is 18.7 Å². The molecule has 2 aromatic rings. The summed E-state index contributed by atoms with van der Waals surface area (Å²) in [5.74, 6) is -0.275. The van der Waals surface area contributed by atoms with E-state index in [1.807, 2.05) is 44.2 Å². The first-order valence-corrected chi connectivity index (χ1v) is 9.39. The van der Waals surface area contributed by atoms with Crippen LogP contribution in [0.5, 0.6) is 0 Å². The highest BCUT2D eigenvalue weighted by molar-refractivity contribution is 7.88. The molecule has 0 aliphatic heterocycles. The van der Waals surface area contributed by atoms with Gasteiger partial charge in [-0.05, 0) is 37.1 Å². The summed E-state index contributed by atoms with van der Waals surface area (Å²) in [6.07, 6.45) is 0. The van der Waals surface area contributed by atoms with Crippen molar-refractivity contribution in [3.63, 3.8) is 0 Å². The lowest BCUT2D eigenvalue weighted by molar-refractivity contribution is 0.0954. The zero-order valence-electron chi connectivity index (χ0n) is 13.9. The van der Waals surface area contributed by atoms with Gasteiger partial charge in [-0.1, -0.05) is 42.0 Å². The second kappa shape index (κ2) is 8.08. The summed E-state index contributed by atoms with van der Waals surface area (Å²) in [5, 5.41) is 2.71. The van der Waals surface area contributed by atoms with Crippen LogP contribution in [0.4, 0.5) is 0 Å². The molecule has 0 heterocycles. The highest BCUT2D eigenvalue weighted by Crippen LogP contribution is 2.10. The largest absolute Gasteiger partial charge is 0.351 e. The molecule has 5 nitrogen and oxygen atoms in total. The summed E-state index contributed by atoms with van der Waals surface area (Å²) in [7, 11) is -3.43. The summed E-state index contributed by atoms with van der Waals surface area (Å²) in [5.41, 5.74) is 3.28. The summed E-state index contributed by atoms with van der Waals surface area (Å²) in [6.45, 7) is 4.19. The number of carbonyl (C=O) groups is 1. The van der Waals surface area contributed by atoms with Crippen molar-refractivity contribution in [2.45, 2.75) is 19.6 Å². The van der Waals surface area contributed by atoms with Crippen LogP contribution in [0, 0.1) is 13.8 Å². The zero-order valence-corrected chi connectivity index (χ0v) is 14.7. The van der Waals surface area contributed by atoms with E-state index in [1.54, 1.807) is 18.2 Å². The van der Waals surface area contributed by atoms with Crippen LogP contribution >= 0.6 is 0 Å². The Balaban J connectivity index is 1.81. The summed E-state index contributed by atoms with van der Waals surface area (Å²) < 4.78 is 26.7. The number of rotatable bonds is 7. The third-order valence-corrected chi connectivity index (χ3v) is 4.95.